The van der Waals surface area contributed by atoms with Crippen molar-refractivity contribution in [2.75, 3.05) is 7.11 Å². The number of carbonyl (C=O) groups excluding carboxylic acids is 1. The van der Waals surface area contributed by atoms with Crippen LogP contribution < -0.4 is 10.1 Å². The molecule has 1 atom stereocenters. The van der Waals surface area contributed by atoms with Gasteiger partial charge >= 0.3 is 0 Å². The van der Waals surface area contributed by atoms with Gasteiger partial charge in [-0.15, -0.1) is 0 Å². The van der Waals surface area contributed by atoms with E-state index in [4.69, 9.17) is 21.6 Å². The Bertz CT molecular complexity index is 469. The van der Waals surface area contributed by atoms with E-state index in [0.29, 0.717) is 22.8 Å². The smallest absolute Gasteiger partial charge is 0.256 e. The Labute approximate surface area is 112 Å². The molecule has 0 heterocycles. The van der Waals surface area contributed by atoms with Crippen molar-refractivity contribution in [3.63, 3.8) is 0 Å². The minimum Gasteiger partial charge on any atom is -0.496 e. The lowest BCUT2D eigenvalue weighted by atomic mass is 10.1. The van der Waals surface area contributed by atoms with E-state index < -0.39 is 6.04 Å². The summed E-state index contributed by atoms with van der Waals surface area (Å²) in [5.41, 5.74) is 0.373. The van der Waals surface area contributed by atoms with Gasteiger partial charge < -0.3 is 10.1 Å². The number of carbonyl (C=O) groups is 1. The van der Waals surface area contributed by atoms with Gasteiger partial charge in [0.15, 0.2) is 0 Å². The summed E-state index contributed by atoms with van der Waals surface area (Å²) in [7, 11) is 1.47. The van der Waals surface area contributed by atoms with E-state index in [9.17, 15) is 4.79 Å². The Balaban J connectivity index is 2.87. The number of hydrogen-bond donors (Lipinski definition) is 1. The zero-order chi connectivity index (χ0) is 13.5. The fraction of sp³-hybridized carbons (Fsp3) is 0.385. The largest absolute Gasteiger partial charge is 0.496 e. The third-order valence-corrected chi connectivity index (χ3v) is 2.68. The van der Waals surface area contributed by atoms with Gasteiger partial charge in [-0.25, -0.2) is 0 Å². The van der Waals surface area contributed by atoms with Gasteiger partial charge in [0.2, 0.25) is 0 Å². The molecule has 1 amide bonds. The Morgan fingerprint density at radius 2 is 2.33 bits per heavy atom. The average Bonchev–Trinajstić information content (AvgIpc) is 2.37. The van der Waals surface area contributed by atoms with Crippen LogP contribution in [0.4, 0.5) is 0 Å². The second-order valence-electron chi connectivity index (χ2n) is 3.79. The van der Waals surface area contributed by atoms with Crippen LogP contribution in [0.15, 0.2) is 18.2 Å². The SMILES string of the molecule is CCCC(C#N)NC(=O)c1ccc(Cl)cc1OC. The molecule has 0 aliphatic rings. The van der Waals surface area contributed by atoms with Crippen LogP contribution >= 0.6 is 11.6 Å². The molecule has 0 saturated heterocycles. The molecule has 0 bridgehead atoms. The zero-order valence-corrected chi connectivity index (χ0v) is 11.1. The number of nitrogens with zero attached hydrogens (tertiary/aromatic N) is 1. The molecule has 0 saturated carbocycles. The normalized spacial score (nSPS) is 11.4. The van der Waals surface area contributed by atoms with Crippen LogP contribution in [0.2, 0.25) is 5.02 Å². The molecule has 1 rings (SSSR count). The van der Waals surface area contributed by atoms with Gasteiger partial charge in [-0.2, -0.15) is 5.26 Å². The lowest BCUT2D eigenvalue weighted by Gasteiger charge is -2.12. The van der Waals surface area contributed by atoms with Gasteiger partial charge in [0.25, 0.3) is 5.91 Å². The predicted octanol–water partition coefficient (Wildman–Crippen LogP) is 2.77. The Morgan fingerprint density at radius 1 is 1.61 bits per heavy atom. The molecule has 1 aromatic carbocycles. The molecule has 18 heavy (non-hydrogen) atoms. The molecule has 0 fully saturated rings. The fourth-order valence-electron chi connectivity index (χ4n) is 1.55. The van der Waals surface area contributed by atoms with Gasteiger partial charge in [-0.05, 0) is 24.6 Å². The van der Waals surface area contributed by atoms with Crippen molar-refractivity contribution < 1.29 is 9.53 Å². The third-order valence-electron chi connectivity index (χ3n) is 2.45. The van der Waals surface area contributed by atoms with E-state index >= 15 is 0 Å². The molecule has 1 aromatic rings. The first-order valence-corrected chi connectivity index (χ1v) is 6.04. The van der Waals surface area contributed by atoms with E-state index in [1.807, 2.05) is 6.92 Å². The summed E-state index contributed by atoms with van der Waals surface area (Å²) in [6.07, 6.45) is 1.45. The second-order valence-corrected chi connectivity index (χ2v) is 4.22. The van der Waals surface area contributed by atoms with Gasteiger partial charge in [-0.1, -0.05) is 24.9 Å². The van der Waals surface area contributed by atoms with E-state index in [2.05, 4.69) is 11.4 Å². The monoisotopic (exact) mass is 266 g/mol. The molecule has 0 radical (unpaired) electrons. The zero-order valence-electron chi connectivity index (χ0n) is 10.4. The van der Waals surface area contributed by atoms with Crippen molar-refractivity contribution in [2.24, 2.45) is 0 Å². The van der Waals surface area contributed by atoms with Crippen LogP contribution in [0, 0.1) is 11.3 Å². The quantitative estimate of drug-likeness (QED) is 0.891. The lowest BCUT2D eigenvalue weighted by Crippen LogP contribution is -2.33. The number of hydrogen-bond acceptors (Lipinski definition) is 3. The first-order valence-electron chi connectivity index (χ1n) is 5.66. The molecule has 0 aromatic heterocycles. The molecule has 1 N–H and O–H groups in total. The fourth-order valence-corrected chi connectivity index (χ4v) is 1.71. The minimum absolute atomic E-state index is 0.330. The maximum atomic E-state index is 12.0. The summed E-state index contributed by atoms with van der Waals surface area (Å²) in [6.45, 7) is 1.96. The van der Waals surface area contributed by atoms with Crippen LogP contribution in [0.1, 0.15) is 30.1 Å². The van der Waals surface area contributed by atoms with E-state index in [1.54, 1.807) is 18.2 Å². The van der Waals surface area contributed by atoms with E-state index in [-0.39, 0.29) is 5.91 Å². The highest BCUT2D eigenvalue weighted by molar-refractivity contribution is 6.30. The van der Waals surface area contributed by atoms with Crippen molar-refractivity contribution in [1.29, 1.82) is 5.26 Å². The number of ether oxygens (including phenoxy) is 1. The number of halogens is 1. The van der Waals surface area contributed by atoms with Crippen molar-refractivity contribution in [1.82, 2.24) is 5.32 Å². The summed E-state index contributed by atoms with van der Waals surface area (Å²) in [5, 5.41) is 12.1. The Hall–Kier alpha value is -1.73. The first-order chi connectivity index (χ1) is 8.62. The van der Waals surface area contributed by atoms with Crippen molar-refractivity contribution in [3.8, 4) is 11.8 Å². The standard InChI is InChI=1S/C13H15ClN2O2/c1-3-4-10(8-15)16-13(17)11-6-5-9(14)7-12(11)18-2/h5-7,10H,3-4H2,1-2H3,(H,16,17). The van der Waals surface area contributed by atoms with Crippen LogP contribution in [0.5, 0.6) is 5.75 Å². The number of nitriles is 1. The third kappa shape index (κ3) is 3.64. The highest BCUT2D eigenvalue weighted by atomic mass is 35.5. The van der Waals surface area contributed by atoms with Crippen LogP contribution in [-0.2, 0) is 0 Å². The van der Waals surface area contributed by atoms with Crippen molar-refractivity contribution >= 4 is 17.5 Å². The van der Waals surface area contributed by atoms with Crippen molar-refractivity contribution in [3.05, 3.63) is 28.8 Å². The summed E-state index contributed by atoms with van der Waals surface area (Å²) < 4.78 is 5.09. The molecule has 96 valence electrons. The average molecular weight is 267 g/mol. The topological polar surface area (TPSA) is 62.1 Å². The number of methoxy groups -OCH3 is 1. The van der Waals surface area contributed by atoms with Crippen LogP contribution in [0.3, 0.4) is 0 Å². The molecular weight excluding hydrogens is 252 g/mol. The van der Waals surface area contributed by atoms with Crippen LogP contribution in [0.25, 0.3) is 0 Å². The first kappa shape index (κ1) is 14.3. The summed E-state index contributed by atoms with van der Waals surface area (Å²) in [5.74, 6) is 0.0664. The molecule has 0 aliphatic heterocycles. The number of rotatable bonds is 5. The summed E-state index contributed by atoms with van der Waals surface area (Å²) >= 11 is 5.82. The maximum absolute atomic E-state index is 12.0. The highest BCUT2D eigenvalue weighted by Gasteiger charge is 2.16. The number of amides is 1. The number of nitrogens with one attached hydrogen (secondary N) is 1. The predicted molar refractivity (Wildman–Crippen MR) is 69.8 cm³/mol. The molecule has 5 heteroatoms. The number of benzene rings is 1. The van der Waals surface area contributed by atoms with E-state index in [0.717, 1.165) is 6.42 Å². The van der Waals surface area contributed by atoms with Crippen molar-refractivity contribution in [2.45, 2.75) is 25.8 Å². The molecule has 0 aliphatic carbocycles. The van der Waals surface area contributed by atoms with Gasteiger partial charge in [0, 0.05) is 5.02 Å². The lowest BCUT2D eigenvalue weighted by molar-refractivity contribution is 0.0941. The molecule has 0 spiro atoms. The summed E-state index contributed by atoms with van der Waals surface area (Å²) in [4.78, 5) is 12.0. The molecular formula is C13H15ClN2O2. The Kier molecular flexibility index (Phi) is 5.47. The Morgan fingerprint density at radius 3 is 2.89 bits per heavy atom. The second kappa shape index (κ2) is 6.87. The summed E-state index contributed by atoms with van der Waals surface area (Å²) in [6, 6.07) is 6.33. The van der Waals surface area contributed by atoms with Crippen LogP contribution in [-0.4, -0.2) is 19.1 Å². The van der Waals surface area contributed by atoms with Gasteiger partial charge in [0.05, 0.1) is 18.7 Å². The highest BCUT2D eigenvalue weighted by Crippen LogP contribution is 2.23. The maximum Gasteiger partial charge on any atom is 0.256 e. The van der Waals surface area contributed by atoms with Gasteiger partial charge in [0.1, 0.15) is 11.8 Å². The van der Waals surface area contributed by atoms with E-state index in [1.165, 1.54) is 7.11 Å². The molecule has 1 unspecified atom stereocenters. The molecule has 4 nitrogen and oxygen atoms in total. The van der Waals surface area contributed by atoms with Gasteiger partial charge in [-0.3, -0.25) is 4.79 Å². The minimum atomic E-state index is -0.483.